The molecule has 4 rings (SSSR count). The number of nitrogens with one attached hydrogen (secondary N) is 1. The van der Waals surface area contributed by atoms with Crippen molar-refractivity contribution in [2.24, 2.45) is 0 Å². The zero-order chi connectivity index (χ0) is 22.9. The summed E-state index contributed by atoms with van der Waals surface area (Å²) in [5.74, 6) is -3.49. The van der Waals surface area contributed by atoms with Gasteiger partial charge in [-0.1, -0.05) is 0 Å². The lowest BCUT2D eigenvalue weighted by Crippen LogP contribution is -2.15. The van der Waals surface area contributed by atoms with E-state index >= 15 is 0 Å². The number of ether oxygens (including phenoxy) is 1. The summed E-state index contributed by atoms with van der Waals surface area (Å²) in [6.07, 6.45) is 2.50. The highest BCUT2D eigenvalue weighted by Crippen LogP contribution is 2.36. The number of pyridine rings is 1. The average molecular weight is 479 g/mol. The van der Waals surface area contributed by atoms with Gasteiger partial charge in [-0.15, -0.1) is 0 Å². The maximum atomic E-state index is 14.7. The van der Waals surface area contributed by atoms with Crippen LogP contribution in [0.3, 0.4) is 0 Å². The van der Waals surface area contributed by atoms with Crippen LogP contribution in [0.1, 0.15) is 0 Å². The number of rotatable bonds is 6. The number of halogens is 3. The van der Waals surface area contributed by atoms with E-state index in [0.29, 0.717) is 17.7 Å². The maximum absolute atomic E-state index is 14.7. The molecule has 0 aliphatic rings. The minimum Gasteiger partial charge on any atom is -0.454 e. The number of nitrogens with two attached hydrogens (primary N) is 1. The van der Waals surface area contributed by atoms with Gasteiger partial charge in [-0.2, -0.15) is 4.37 Å². The van der Waals surface area contributed by atoms with E-state index in [0.717, 1.165) is 30.0 Å². The van der Waals surface area contributed by atoms with E-state index in [2.05, 4.69) is 14.3 Å². The van der Waals surface area contributed by atoms with Gasteiger partial charge in [-0.25, -0.2) is 31.6 Å². The Morgan fingerprint density at radius 1 is 0.969 bits per heavy atom. The van der Waals surface area contributed by atoms with Crippen molar-refractivity contribution < 1.29 is 26.3 Å². The summed E-state index contributed by atoms with van der Waals surface area (Å²) in [6.45, 7) is 0. The first-order chi connectivity index (χ1) is 15.2. The lowest BCUT2D eigenvalue weighted by molar-refractivity contribution is 0.432. The van der Waals surface area contributed by atoms with E-state index in [4.69, 9.17) is 10.5 Å². The first kappa shape index (κ1) is 21.5. The van der Waals surface area contributed by atoms with Gasteiger partial charge < -0.3 is 10.5 Å². The number of sulfonamides is 1. The molecule has 13 heteroatoms. The summed E-state index contributed by atoms with van der Waals surface area (Å²) in [4.78, 5) is 6.54. The number of aromatic nitrogens is 3. The third-order valence-electron chi connectivity index (χ3n) is 4.11. The van der Waals surface area contributed by atoms with E-state index in [1.54, 1.807) is 0 Å². The fourth-order valence-electron chi connectivity index (χ4n) is 2.73. The van der Waals surface area contributed by atoms with Crippen LogP contribution < -0.4 is 15.2 Å². The van der Waals surface area contributed by atoms with Gasteiger partial charge in [0, 0.05) is 35.4 Å². The van der Waals surface area contributed by atoms with E-state index in [1.165, 1.54) is 24.4 Å². The molecule has 0 aliphatic heterocycles. The molecular weight excluding hydrogens is 467 g/mol. The summed E-state index contributed by atoms with van der Waals surface area (Å²) < 4.78 is 79.0. The first-order valence-corrected chi connectivity index (χ1v) is 11.0. The summed E-state index contributed by atoms with van der Waals surface area (Å²) in [5, 5.41) is -0.113. The molecule has 0 spiro atoms. The number of hydrogen-bond donors (Lipinski definition) is 2. The molecule has 0 bridgehead atoms. The van der Waals surface area contributed by atoms with E-state index in [1.807, 2.05) is 4.72 Å². The van der Waals surface area contributed by atoms with Crippen molar-refractivity contribution in [1.29, 1.82) is 0 Å². The molecule has 2 aromatic heterocycles. The van der Waals surface area contributed by atoms with E-state index < -0.39 is 38.1 Å². The predicted octanol–water partition coefficient (Wildman–Crippen LogP) is 4.19. The smallest absolute Gasteiger partial charge is 0.266 e. The van der Waals surface area contributed by atoms with Crippen molar-refractivity contribution >= 4 is 32.5 Å². The summed E-state index contributed by atoms with van der Waals surface area (Å²) >= 11 is 0.725. The number of nitrogens with zero attached hydrogens (tertiary/aromatic N) is 3. The molecule has 0 unspecified atom stereocenters. The second-order valence-electron chi connectivity index (χ2n) is 6.28. The van der Waals surface area contributed by atoms with Crippen molar-refractivity contribution in [1.82, 2.24) is 14.3 Å². The molecule has 0 amide bonds. The number of benzene rings is 2. The molecule has 0 aliphatic carbocycles. The standard InChI is InChI=1S/C19H12F3N5O3S2/c20-11-1-2-15(12(6-11)10-3-4-24-18(23)5-10)30-16-7-14(22)17(8-13(16)21)32(28,29)27-19-25-9-26-31-19/h1-9H,(H2,23,24)(H,25,26,27). The van der Waals surface area contributed by atoms with Crippen molar-refractivity contribution in [2.45, 2.75) is 4.90 Å². The summed E-state index contributed by atoms with van der Waals surface area (Å²) in [7, 11) is -4.47. The van der Waals surface area contributed by atoms with Crippen LogP contribution in [-0.4, -0.2) is 22.8 Å². The van der Waals surface area contributed by atoms with Gasteiger partial charge in [0.25, 0.3) is 10.0 Å². The van der Waals surface area contributed by atoms with Crippen LogP contribution in [0, 0.1) is 17.5 Å². The Morgan fingerprint density at radius 2 is 1.78 bits per heavy atom. The SMILES string of the molecule is Nc1cc(-c2cc(F)ccc2Oc2cc(F)c(S(=O)(=O)Nc3ncns3)cc2F)ccn1. The third kappa shape index (κ3) is 4.48. The molecule has 0 saturated heterocycles. The lowest BCUT2D eigenvalue weighted by Gasteiger charge is -2.14. The molecule has 0 radical (unpaired) electrons. The topological polar surface area (TPSA) is 120 Å². The number of anilines is 2. The fraction of sp³-hybridized carbons (Fsp3) is 0. The van der Waals surface area contributed by atoms with Gasteiger partial charge in [0.05, 0.1) is 0 Å². The van der Waals surface area contributed by atoms with Crippen LogP contribution in [0.4, 0.5) is 24.1 Å². The van der Waals surface area contributed by atoms with E-state index in [9.17, 15) is 21.6 Å². The highest BCUT2D eigenvalue weighted by molar-refractivity contribution is 7.93. The zero-order valence-electron chi connectivity index (χ0n) is 15.8. The van der Waals surface area contributed by atoms with Gasteiger partial charge in [-0.05, 0) is 35.9 Å². The predicted molar refractivity (Wildman–Crippen MR) is 111 cm³/mol. The minimum absolute atomic E-state index is 0.0158. The average Bonchev–Trinajstić information content (AvgIpc) is 3.24. The van der Waals surface area contributed by atoms with Crippen molar-refractivity contribution in [3.05, 3.63) is 72.4 Å². The van der Waals surface area contributed by atoms with Gasteiger partial charge in [0.15, 0.2) is 11.6 Å². The van der Waals surface area contributed by atoms with Crippen LogP contribution in [0.2, 0.25) is 0 Å². The highest BCUT2D eigenvalue weighted by atomic mass is 32.2. The molecule has 4 aromatic rings. The largest absolute Gasteiger partial charge is 0.454 e. The monoisotopic (exact) mass is 479 g/mol. The number of hydrogen-bond acceptors (Lipinski definition) is 8. The molecule has 0 fully saturated rings. The van der Waals surface area contributed by atoms with Crippen LogP contribution in [0.15, 0.2) is 59.9 Å². The van der Waals surface area contributed by atoms with Gasteiger partial charge >= 0.3 is 0 Å². The van der Waals surface area contributed by atoms with Crippen LogP contribution in [0.25, 0.3) is 11.1 Å². The van der Waals surface area contributed by atoms with Gasteiger partial charge in [-0.3, -0.25) is 4.72 Å². The molecule has 32 heavy (non-hydrogen) atoms. The van der Waals surface area contributed by atoms with E-state index in [-0.39, 0.29) is 22.3 Å². The Bertz CT molecular complexity index is 1400. The zero-order valence-corrected chi connectivity index (χ0v) is 17.4. The van der Waals surface area contributed by atoms with Gasteiger partial charge in [0.2, 0.25) is 5.13 Å². The van der Waals surface area contributed by atoms with Crippen LogP contribution in [-0.2, 0) is 10.0 Å². The molecule has 0 saturated carbocycles. The normalized spacial score (nSPS) is 11.3. The van der Waals surface area contributed by atoms with Crippen molar-refractivity contribution in [3.8, 4) is 22.6 Å². The summed E-state index contributed by atoms with van der Waals surface area (Å²) in [5.41, 5.74) is 6.29. The Hall–Kier alpha value is -3.71. The van der Waals surface area contributed by atoms with Crippen LogP contribution >= 0.6 is 11.5 Å². The Labute approximate surface area is 183 Å². The summed E-state index contributed by atoms with van der Waals surface area (Å²) in [6, 6.07) is 7.46. The lowest BCUT2D eigenvalue weighted by atomic mass is 10.1. The van der Waals surface area contributed by atoms with Gasteiger partial charge in [0.1, 0.15) is 34.4 Å². The van der Waals surface area contributed by atoms with Crippen molar-refractivity contribution in [3.63, 3.8) is 0 Å². The minimum atomic E-state index is -4.47. The molecule has 164 valence electrons. The molecule has 3 N–H and O–H groups in total. The third-order valence-corrected chi connectivity index (χ3v) is 6.18. The molecule has 8 nitrogen and oxygen atoms in total. The Kier molecular flexibility index (Phi) is 5.67. The first-order valence-electron chi connectivity index (χ1n) is 8.71. The van der Waals surface area contributed by atoms with Crippen molar-refractivity contribution in [2.75, 3.05) is 10.5 Å². The maximum Gasteiger partial charge on any atom is 0.266 e. The molecule has 2 heterocycles. The Balaban J connectivity index is 1.70. The Morgan fingerprint density at radius 3 is 2.50 bits per heavy atom. The molecular formula is C19H12F3N5O3S2. The fourth-order valence-corrected chi connectivity index (χ4v) is 4.47. The quantitative estimate of drug-likeness (QED) is 0.425. The second-order valence-corrected chi connectivity index (χ2v) is 8.71. The highest BCUT2D eigenvalue weighted by Gasteiger charge is 2.24. The number of nitrogen functional groups attached to an aromatic ring is 1. The van der Waals surface area contributed by atoms with Crippen LogP contribution in [0.5, 0.6) is 11.5 Å². The molecule has 0 atom stereocenters. The second kappa shape index (κ2) is 8.43. The molecule has 2 aromatic carbocycles.